The van der Waals surface area contributed by atoms with E-state index in [1.54, 1.807) is 18.2 Å². The highest BCUT2D eigenvalue weighted by Crippen LogP contribution is 2.35. The number of nitrogens with zero attached hydrogens (tertiary/aromatic N) is 2. The number of rotatable bonds is 8. The third-order valence-electron chi connectivity index (χ3n) is 4.25. The van der Waals surface area contributed by atoms with Crippen molar-refractivity contribution in [1.29, 1.82) is 5.26 Å². The third kappa shape index (κ3) is 6.24. The molecular formula is C23H15BrCl2N2O4. The fourth-order valence-corrected chi connectivity index (χ4v) is 3.62. The normalized spacial score (nSPS) is 11.0. The predicted molar refractivity (Wildman–Crippen MR) is 128 cm³/mol. The van der Waals surface area contributed by atoms with Crippen molar-refractivity contribution >= 4 is 56.5 Å². The summed E-state index contributed by atoms with van der Waals surface area (Å²) in [5.74, 6) is 1.03. The first kappa shape index (κ1) is 23.6. The zero-order valence-electron chi connectivity index (χ0n) is 16.4. The molecule has 0 fully saturated rings. The van der Waals surface area contributed by atoms with Gasteiger partial charge in [-0.15, -0.1) is 0 Å². The first-order valence-electron chi connectivity index (χ1n) is 9.24. The Morgan fingerprint density at radius 2 is 1.62 bits per heavy atom. The number of non-ortho nitro benzene ring substituents is 1. The molecule has 6 nitrogen and oxygen atoms in total. The van der Waals surface area contributed by atoms with Crippen LogP contribution in [-0.2, 0) is 0 Å². The van der Waals surface area contributed by atoms with E-state index in [9.17, 15) is 15.4 Å². The minimum Gasteiger partial charge on any atom is -0.490 e. The maximum absolute atomic E-state index is 10.8. The molecule has 0 bridgehead atoms. The fraction of sp³-hybridized carbons (Fsp3) is 0.0870. The number of halogens is 3. The van der Waals surface area contributed by atoms with Crippen LogP contribution >= 0.6 is 39.1 Å². The first-order valence-corrected chi connectivity index (χ1v) is 10.8. The molecule has 0 amide bonds. The van der Waals surface area contributed by atoms with Crippen molar-refractivity contribution in [2.24, 2.45) is 0 Å². The van der Waals surface area contributed by atoms with Crippen LogP contribution in [0.15, 0.2) is 65.1 Å². The molecule has 162 valence electrons. The average Bonchev–Trinajstić information content (AvgIpc) is 2.77. The standard InChI is InChI=1S/C23H15BrCl2N2O4/c24-18-3-7-20(8-4-18)31-9-10-32-23-21(25)12-15(13-22(23)26)11-17(14-27)16-1-5-19(6-2-16)28(29)30/h1-8,11-13H,9-10H2/b17-11-. The molecule has 0 atom stereocenters. The van der Waals surface area contributed by atoms with Gasteiger partial charge in [0.15, 0.2) is 5.75 Å². The number of hydrogen-bond acceptors (Lipinski definition) is 5. The van der Waals surface area contributed by atoms with Gasteiger partial charge in [-0.2, -0.15) is 5.26 Å². The van der Waals surface area contributed by atoms with Gasteiger partial charge in [0.05, 0.1) is 26.6 Å². The zero-order valence-corrected chi connectivity index (χ0v) is 19.5. The molecule has 32 heavy (non-hydrogen) atoms. The van der Waals surface area contributed by atoms with E-state index in [4.69, 9.17) is 32.7 Å². The number of nitro benzene ring substituents is 1. The van der Waals surface area contributed by atoms with Crippen molar-refractivity contribution in [2.75, 3.05) is 13.2 Å². The summed E-state index contributed by atoms with van der Waals surface area (Å²) in [7, 11) is 0. The Bertz CT molecular complexity index is 1170. The summed E-state index contributed by atoms with van der Waals surface area (Å²) in [4.78, 5) is 10.3. The van der Waals surface area contributed by atoms with Gasteiger partial charge in [-0.05, 0) is 65.7 Å². The summed E-state index contributed by atoms with van der Waals surface area (Å²) in [6, 6.07) is 18.5. The lowest BCUT2D eigenvalue weighted by Crippen LogP contribution is -2.09. The number of hydrogen-bond donors (Lipinski definition) is 0. The molecule has 0 heterocycles. The minimum atomic E-state index is -0.498. The molecular weight excluding hydrogens is 519 g/mol. The van der Waals surface area contributed by atoms with E-state index in [-0.39, 0.29) is 22.3 Å². The van der Waals surface area contributed by atoms with Gasteiger partial charge in [0.2, 0.25) is 0 Å². The average molecular weight is 534 g/mol. The van der Waals surface area contributed by atoms with Crippen LogP contribution in [0, 0.1) is 21.4 Å². The highest BCUT2D eigenvalue weighted by Gasteiger charge is 2.11. The fourth-order valence-electron chi connectivity index (χ4n) is 2.74. The van der Waals surface area contributed by atoms with E-state index in [1.165, 1.54) is 24.3 Å². The quantitative estimate of drug-likeness (QED) is 0.100. The highest BCUT2D eigenvalue weighted by molar-refractivity contribution is 9.10. The molecule has 3 aromatic rings. The van der Waals surface area contributed by atoms with Gasteiger partial charge in [-0.3, -0.25) is 10.1 Å². The van der Waals surface area contributed by atoms with Gasteiger partial charge in [-0.25, -0.2) is 0 Å². The van der Waals surface area contributed by atoms with Crippen molar-refractivity contribution in [3.63, 3.8) is 0 Å². The van der Waals surface area contributed by atoms with E-state index in [1.807, 2.05) is 24.3 Å². The van der Waals surface area contributed by atoms with Gasteiger partial charge >= 0.3 is 0 Å². The van der Waals surface area contributed by atoms with Crippen LogP contribution in [0.1, 0.15) is 11.1 Å². The number of nitro groups is 1. The van der Waals surface area contributed by atoms with Gasteiger partial charge in [-0.1, -0.05) is 39.1 Å². The van der Waals surface area contributed by atoms with E-state index in [0.29, 0.717) is 34.8 Å². The van der Waals surface area contributed by atoms with Gasteiger partial charge in [0.1, 0.15) is 19.0 Å². The van der Waals surface area contributed by atoms with Crippen molar-refractivity contribution in [1.82, 2.24) is 0 Å². The van der Waals surface area contributed by atoms with Crippen molar-refractivity contribution in [3.05, 3.63) is 96.4 Å². The Hall–Kier alpha value is -3.05. The second kappa shape index (κ2) is 11.0. The van der Waals surface area contributed by atoms with Gasteiger partial charge in [0.25, 0.3) is 5.69 Å². The second-order valence-electron chi connectivity index (χ2n) is 6.44. The number of ether oxygens (including phenoxy) is 2. The van der Waals surface area contributed by atoms with Gasteiger partial charge < -0.3 is 9.47 Å². The maximum atomic E-state index is 10.8. The Kier molecular flexibility index (Phi) is 8.12. The van der Waals surface area contributed by atoms with Crippen LogP contribution in [-0.4, -0.2) is 18.1 Å². The summed E-state index contributed by atoms with van der Waals surface area (Å²) < 4.78 is 12.2. The summed E-state index contributed by atoms with van der Waals surface area (Å²) >= 11 is 16.0. The van der Waals surface area contributed by atoms with Crippen LogP contribution < -0.4 is 9.47 Å². The molecule has 0 saturated carbocycles. The zero-order chi connectivity index (χ0) is 23.1. The van der Waals surface area contributed by atoms with Crippen LogP contribution in [0.4, 0.5) is 5.69 Å². The Labute approximate surface area is 202 Å². The van der Waals surface area contributed by atoms with Crippen LogP contribution in [0.25, 0.3) is 11.6 Å². The molecule has 0 aromatic heterocycles. The van der Waals surface area contributed by atoms with Crippen molar-refractivity contribution < 1.29 is 14.4 Å². The molecule has 0 aliphatic carbocycles. The third-order valence-corrected chi connectivity index (χ3v) is 5.34. The number of benzene rings is 3. The Balaban J connectivity index is 1.69. The second-order valence-corrected chi connectivity index (χ2v) is 8.17. The van der Waals surface area contributed by atoms with E-state index >= 15 is 0 Å². The summed E-state index contributed by atoms with van der Waals surface area (Å²) in [6.45, 7) is 0.533. The molecule has 3 aromatic carbocycles. The molecule has 3 rings (SSSR count). The topological polar surface area (TPSA) is 85.4 Å². The summed E-state index contributed by atoms with van der Waals surface area (Å²) in [6.07, 6.45) is 1.60. The molecule has 9 heteroatoms. The highest BCUT2D eigenvalue weighted by atomic mass is 79.9. The minimum absolute atomic E-state index is 0.0530. The lowest BCUT2D eigenvalue weighted by atomic mass is 10.0. The Morgan fingerprint density at radius 3 is 2.19 bits per heavy atom. The van der Waals surface area contributed by atoms with E-state index < -0.39 is 4.92 Å². The molecule has 0 spiro atoms. The molecule has 0 radical (unpaired) electrons. The van der Waals surface area contributed by atoms with Gasteiger partial charge in [0, 0.05) is 16.6 Å². The molecule has 0 unspecified atom stereocenters. The van der Waals surface area contributed by atoms with Crippen molar-refractivity contribution in [3.8, 4) is 17.6 Å². The van der Waals surface area contributed by atoms with Crippen molar-refractivity contribution in [2.45, 2.75) is 0 Å². The number of allylic oxidation sites excluding steroid dienone is 1. The lowest BCUT2D eigenvalue weighted by molar-refractivity contribution is -0.384. The lowest BCUT2D eigenvalue weighted by Gasteiger charge is -2.12. The maximum Gasteiger partial charge on any atom is 0.269 e. The van der Waals surface area contributed by atoms with Crippen LogP contribution in [0.3, 0.4) is 0 Å². The summed E-state index contributed by atoms with van der Waals surface area (Å²) in [5, 5.41) is 20.9. The van der Waals surface area contributed by atoms with Crippen LogP contribution in [0.5, 0.6) is 11.5 Å². The monoisotopic (exact) mass is 532 g/mol. The number of nitriles is 1. The molecule has 0 aliphatic rings. The summed E-state index contributed by atoms with van der Waals surface area (Å²) in [5.41, 5.74) is 1.38. The SMILES string of the molecule is N#C/C(=C/c1cc(Cl)c(OCCOc2ccc(Br)cc2)c(Cl)c1)c1ccc([N+](=O)[O-])cc1. The predicted octanol–water partition coefficient (Wildman–Crippen LogP) is 7.19. The first-order chi connectivity index (χ1) is 15.4. The van der Waals surface area contributed by atoms with E-state index in [2.05, 4.69) is 22.0 Å². The van der Waals surface area contributed by atoms with E-state index in [0.717, 1.165) is 4.47 Å². The molecule has 0 aliphatic heterocycles. The molecule has 0 saturated heterocycles. The largest absolute Gasteiger partial charge is 0.490 e. The molecule has 0 N–H and O–H groups in total. The smallest absolute Gasteiger partial charge is 0.269 e. The Morgan fingerprint density at radius 1 is 1.03 bits per heavy atom. The van der Waals surface area contributed by atoms with Crippen LogP contribution in [0.2, 0.25) is 10.0 Å².